The van der Waals surface area contributed by atoms with E-state index in [0.29, 0.717) is 11.1 Å². The van der Waals surface area contributed by atoms with Gasteiger partial charge in [0.15, 0.2) is 6.10 Å². The summed E-state index contributed by atoms with van der Waals surface area (Å²) in [4.78, 5) is 12.2. The molecule has 0 saturated carbocycles. The molecule has 1 amide bonds. The molecule has 7 heteroatoms. The minimum atomic E-state index is -4.12. The average Bonchev–Trinajstić information content (AvgIpc) is 2.56. The molecule has 1 atom stereocenters. The van der Waals surface area contributed by atoms with Crippen molar-refractivity contribution in [2.75, 3.05) is 7.11 Å². The summed E-state index contributed by atoms with van der Waals surface area (Å²) in [7, 11) is -2.79. The van der Waals surface area contributed by atoms with Gasteiger partial charge in [-0.2, -0.15) is 5.26 Å². The van der Waals surface area contributed by atoms with E-state index in [-0.39, 0.29) is 10.5 Å². The van der Waals surface area contributed by atoms with Crippen LogP contribution >= 0.6 is 0 Å². The van der Waals surface area contributed by atoms with Crippen LogP contribution in [-0.2, 0) is 19.6 Å². The van der Waals surface area contributed by atoms with E-state index in [2.05, 4.69) is 0 Å². The van der Waals surface area contributed by atoms with Crippen LogP contribution in [0.15, 0.2) is 53.4 Å². The first-order valence-electron chi connectivity index (χ1n) is 7.04. The maximum Gasteiger partial charge on any atom is 0.267 e. The number of methoxy groups -OCH3 is 1. The summed E-state index contributed by atoms with van der Waals surface area (Å²) in [6, 6.07) is 14.7. The van der Waals surface area contributed by atoms with Gasteiger partial charge in [-0.25, -0.2) is 13.1 Å². The number of aryl methyl sites for hydroxylation is 1. The number of nitrogens with one attached hydrogen (secondary N) is 1. The van der Waals surface area contributed by atoms with Crippen LogP contribution in [0, 0.1) is 18.3 Å². The van der Waals surface area contributed by atoms with Crippen molar-refractivity contribution in [3.8, 4) is 6.07 Å². The Morgan fingerprint density at radius 2 is 1.88 bits per heavy atom. The van der Waals surface area contributed by atoms with Gasteiger partial charge >= 0.3 is 0 Å². The van der Waals surface area contributed by atoms with Crippen molar-refractivity contribution in [2.45, 2.75) is 17.9 Å². The maximum atomic E-state index is 12.5. The molecule has 2 aromatic carbocycles. The van der Waals surface area contributed by atoms with Gasteiger partial charge < -0.3 is 4.74 Å². The molecule has 0 unspecified atom stereocenters. The van der Waals surface area contributed by atoms with Gasteiger partial charge in [0.25, 0.3) is 15.9 Å². The van der Waals surface area contributed by atoms with Gasteiger partial charge in [-0.05, 0) is 30.2 Å². The van der Waals surface area contributed by atoms with Crippen LogP contribution in [0.2, 0.25) is 0 Å². The first kappa shape index (κ1) is 17.7. The van der Waals surface area contributed by atoms with Crippen LogP contribution in [0.1, 0.15) is 22.8 Å². The highest BCUT2D eigenvalue weighted by Crippen LogP contribution is 2.20. The molecule has 0 spiro atoms. The van der Waals surface area contributed by atoms with E-state index in [1.54, 1.807) is 37.3 Å². The number of nitriles is 1. The van der Waals surface area contributed by atoms with Crippen molar-refractivity contribution in [1.82, 2.24) is 4.72 Å². The quantitative estimate of drug-likeness (QED) is 0.895. The molecular formula is C17H16N2O4S. The Balaban J connectivity index is 2.32. The van der Waals surface area contributed by atoms with Crippen molar-refractivity contribution in [3.63, 3.8) is 0 Å². The van der Waals surface area contributed by atoms with Crippen molar-refractivity contribution in [3.05, 3.63) is 65.2 Å². The van der Waals surface area contributed by atoms with E-state index in [1.165, 1.54) is 25.3 Å². The van der Waals surface area contributed by atoms with Gasteiger partial charge in [-0.15, -0.1) is 0 Å². The van der Waals surface area contributed by atoms with Crippen LogP contribution in [0.5, 0.6) is 0 Å². The van der Waals surface area contributed by atoms with E-state index in [4.69, 9.17) is 10.00 Å². The fourth-order valence-electron chi connectivity index (χ4n) is 2.22. The van der Waals surface area contributed by atoms with Crippen molar-refractivity contribution < 1.29 is 17.9 Å². The number of rotatable bonds is 5. The second-order valence-electron chi connectivity index (χ2n) is 5.09. The third kappa shape index (κ3) is 3.79. The molecule has 0 fully saturated rings. The molecule has 1 N–H and O–H groups in total. The molecule has 0 aliphatic carbocycles. The standard InChI is InChI=1S/C17H16N2O4S/c1-12-8-9-13(11-18)10-15(12)24(21,22)19-17(20)16(23-2)14-6-4-3-5-7-14/h3-10,16H,1-2H3,(H,19,20)/t16-/m1/s1. The fourth-order valence-corrected chi connectivity index (χ4v) is 3.48. The summed E-state index contributed by atoms with van der Waals surface area (Å²) >= 11 is 0. The van der Waals surface area contributed by atoms with Gasteiger partial charge in [-0.3, -0.25) is 4.79 Å². The van der Waals surface area contributed by atoms with Crippen molar-refractivity contribution >= 4 is 15.9 Å². The number of carbonyl (C=O) groups excluding carboxylic acids is 1. The molecule has 0 heterocycles. The summed E-state index contributed by atoms with van der Waals surface area (Å²) in [5, 5.41) is 8.92. The molecule has 2 rings (SSSR count). The monoisotopic (exact) mass is 344 g/mol. The number of hydrogen-bond donors (Lipinski definition) is 1. The van der Waals surface area contributed by atoms with Gasteiger partial charge in [0.2, 0.25) is 0 Å². The number of carbonyl (C=O) groups is 1. The number of amides is 1. The van der Waals surface area contributed by atoms with Gasteiger partial charge in [0.05, 0.1) is 16.5 Å². The van der Waals surface area contributed by atoms with Gasteiger partial charge in [0.1, 0.15) is 0 Å². The van der Waals surface area contributed by atoms with E-state index in [1.807, 2.05) is 10.8 Å². The summed E-state index contributed by atoms with van der Waals surface area (Å²) in [6.07, 6.45) is -1.06. The van der Waals surface area contributed by atoms with E-state index in [0.717, 1.165) is 0 Å². The van der Waals surface area contributed by atoms with Crippen LogP contribution in [0.4, 0.5) is 0 Å². The molecule has 0 bridgehead atoms. The van der Waals surface area contributed by atoms with Gasteiger partial charge in [0, 0.05) is 7.11 Å². The average molecular weight is 344 g/mol. The third-order valence-electron chi connectivity index (χ3n) is 3.42. The van der Waals surface area contributed by atoms with Crippen LogP contribution < -0.4 is 4.72 Å². The SMILES string of the molecule is CO[C@@H](C(=O)NS(=O)(=O)c1cc(C#N)ccc1C)c1ccccc1. The lowest BCUT2D eigenvalue weighted by Crippen LogP contribution is -2.35. The molecule has 0 radical (unpaired) electrons. The first-order chi connectivity index (χ1) is 11.4. The second-order valence-corrected chi connectivity index (χ2v) is 6.74. The minimum Gasteiger partial charge on any atom is -0.367 e. The fraction of sp³-hybridized carbons (Fsp3) is 0.176. The zero-order valence-corrected chi connectivity index (χ0v) is 14.0. The Morgan fingerprint density at radius 3 is 2.46 bits per heavy atom. The first-order valence-corrected chi connectivity index (χ1v) is 8.52. The lowest BCUT2D eigenvalue weighted by molar-refractivity contribution is -0.129. The summed E-state index contributed by atoms with van der Waals surface area (Å²) < 4.78 is 32.1. The Morgan fingerprint density at radius 1 is 1.21 bits per heavy atom. The summed E-state index contributed by atoms with van der Waals surface area (Å²) in [6.45, 7) is 1.59. The van der Waals surface area contributed by atoms with E-state index < -0.39 is 22.0 Å². The predicted molar refractivity (Wildman–Crippen MR) is 87.4 cm³/mol. The Kier molecular flexibility index (Phi) is 5.34. The maximum absolute atomic E-state index is 12.5. The highest BCUT2D eigenvalue weighted by Gasteiger charge is 2.27. The van der Waals surface area contributed by atoms with Crippen molar-refractivity contribution in [1.29, 1.82) is 5.26 Å². The zero-order chi connectivity index (χ0) is 17.7. The molecule has 6 nitrogen and oxygen atoms in total. The number of hydrogen-bond acceptors (Lipinski definition) is 5. The van der Waals surface area contributed by atoms with Crippen molar-refractivity contribution in [2.24, 2.45) is 0 Å². The molecule has 0 aromatic heterocycles. The normalized spacial score (nSPS) is 12.2. The van der Waals surface area contributed by atoms with Crippen LogP contribution in [0.3, 0.4) is 0 Å². The van der Waals surface area contributed by atoms with Gasteiger partial charge in [-0.1, -0.05) is 36.4 Å². The number of nitrogens with zero attached hydrogens (tertiary/aromatic N) is 1. The highest BCUT2D eigenvalue weighted by molar-refractivity contribution is 7.90. The Hall–Kier alpha value is -2.69. The second kappa shape index (κ2) is 7.25. The molecule has 124 valence electrons. The molecule has 2 aromatic rings. The summed E-state index contributed by atoms with van der Waals surface area (Å²) in [5.41, 5.74) is 1.16. The molecule has 0 aliphatic rings. The predicted octanol–water partition coefficient (Wildman–Crippen LogP) is 2.06. The molecular weight excluding hydrogens is 328 g/mol. The molecule has 24 heavy (non-hydrogen) atoms. The Bertz CT molecular complexity index is 887. The summed E-state index contributed by atoms with van der Waals surface area (Å²) in [5.74, 6) is -0.800. The highest BCUT2D eigenvalue weighted by atomic mass is 32.2. The van der Waals surface area contributed by atoms with E-state index >= 15 is 0 Å². The van der Waals surface area contributed by atoms with Crippen LogP contribution in [0.25, 0.3) is 0 Å². The van der Waals surface area contributed by atoms with Crippen LogP contribution in [-0.4, -0.2) is 21.4 Å². The number of ether oxygens (including phenoxy) is 1. The number of benzene rings is 2. The lowest BCUT2D eigenvalue weighted by atomic mass is 10.1. The topological polar surface area (TPSA) is 96.3 Å². The third-order valence-corrected chi connectivity index (χ3v) is 4.91. The zero-order valence-electron chi connectivity index (χ0n) is 13.2. The minimum absolute atomic E-state index is 0.113. The largest absolute Gasteiger partial charge is 0.367 e. The molecule has 0 aliphatic heterocycles. The Labute approximate surface area is 140 Å². The smallest absolute Gasteiger partial charge is 0.267 e. The lowest BCUT2D eigenvalue weighted by Gasteiger charge is -2.16. The molecule has 0 saturated heterocycles. The number of sulfonamides is 1. The van der Waals surface area contributed by atoms with E-state index in [9.17, 15) is 13.2 Å².